The average Bonchev–Trinajstić information content (AvgIpc) is 2.81. The third-order valence-electron chi connectivity index (χ3n) is 5.45. The van der Waals surface area contributed by atoms with Crippen molar-refractivity contribution >= 4 is 43.0 Å². The monoisotopic (exact) mass is 460 g/mol. The van der Waals surface area contributed by atoms with Crippen molar-refractivity contribution in [3.63, 3.8) is 0 Å². The Morgan fingerprint density at radius 2 is 1.07 bits per heavy atom. The molecule has 0 amide bonds. The van der Waals surface area contributed by atoms with E-state index in [0.29, 0.717) is 5.56 Å². The third-order valence-corrected chi connectivity index (χ3v) is 15.0. The zero-order valence-corrected chi connectivity index (χ0v) is 18.5. The van der Waals surface area contributed by atoms with Gasteiger partial charge in [-0.05, 0) is 0 Å². The van der Waals surface area contributed by atoms with Gasteiger partial charge in [0.05, 0.1) is 0 Å². The molecule has 0 fully saturated rings. The Kier molecular flexibility index (Phi) is 5.50. The first-order chi connectivity index (χ1) is 14.1. The quantitative estimate of drug-likeness (QED) is 0.261. The molecule has 0 saturated heterocycles. The maximum atomic E-state index is 11.4. The maximum absolute atomic E-state index is 11.4. The fourth-order valence-corrected chi connectivity index (χ4v) is 11.7. The molecule has 0 heterocycles. The molecule has 0 unspecified atom stereocenters. The van der Waals surface area contributed by atoms with Crippen molar-refractivity contribution < 1.29 is 4.79 Å². The van der Waals surface area contributed by atoms with Crippen molar-refractivity contribution in [3.05, 3.63) is 126 Å². The summed E-state index contributed by atoms with van der Waals surface area (Å²) in [6, 6.07) is 40.0. The van der Waals surface area contributed by atoms with E-state index in [0.717, 1.165) is 18.0 Å². The van der Waals surface area contributed by atoms with E-state index in [1.807, 2.05) is 18.2 Å². The second-order valence-corrected chi connectivity index (χ2v) is 16.1. The zero-order valence-electron chi connectivity index (χ0n) is 16.0. The molecule has 29 heavy (non-hydrogen) atoms. The molecule has 0 radical (unpaired) electrons. The summed E-state index contributed by atoms with van der Waals surface area (Å²) >= 11 is 4.44. The van der Waals surface area contributed by atoms with Crippen molar-refractivity contribution in [1.29, 1.82) is 0 Å². The molecule has 4 rings (SSSR count). The second kappa shape index (κ2) is 8.06. The van der Waals surface area contributed by atoms with E-state index >= 15 is 0 Å². The molecular weight excluding hydrogens is 439 g/mol. The van der Waals surface area contributed by atoms with Crippen molar-refractivity contribution in [3.8, 4) is 0 Å². The van der Waals surface area contributed by atoms with Crippen LogP contribution in [-0.2, 0) is 6.16 Å². The number of hydrogen-bond donors (Lipinski definition) is 0. The zero-order chi connectivity index (χ0) is 20.2. The summed E-state index contributed by atoms with van der Waals surface area (Å²) in [7, 11) is 0. The Morgan fingerprint density at radius 1 is 0.621 bits per heavy atom. The first kappa shape index (κ1) is 19.8. The van der Waals surface area contributed by atoms with Gasteiger partial charge in [-0.2, -0.15) is 0 Å². The van der Waals surface area contributed by atoms with E-state index < -0.39 is 5.31 Å². The summed E-state index contributed by atoms with van der Waals surface area (Å²) in [6.45, 7) is 0. The summed E-state index contributed by atoms with van der Waals surface area (Å²) in [6.07, 6.45) is 1.70. The number of rotatable bonds is 6. The molecule has 0 saturated carbocycles. The fraction of sp³-hybridized carbons (Fsp3) is 0.0385. The first-order valence-electron chi connectivity index (χ1n) is 9.59. The van der Waals surface area contributed by atoms with Gasteiger partial charge in [0.15, 0.2) is 0 Å². The van der Waals surface area contributed by atoms with Gasteiger partial charge in [-0.3, -0.25) is 0 Å². The molecule has 0 atom stereocenters. The molecule has 0 aliphatic carbocycles. The van der Waals surface area contributed by atoms with Gasteiger partial charge in [0.25, 0.3) is 0 Å². The van der Waals surface area contributed by atoms with Gasteiger partial charge >= 0.3 is 180 Å². The Morgan fingerprint density at radius 3 is 1.48 bits per heavy atom. The molecule has 0 spiro atoms. The van der Waals surface area contributed by atoms with Crippen LogP contribution in [0.2, 0.25) is 0 Å². The number of carbonyl (C=O) groups is 1. The van der Waals surface area contributed by atoms with Gasteiger partial charge in [-0.25, -0.2) is 0 Å². The summed E-state index contributed by atoms with van der Waals surface area (Å²) in [5.41, 5.74) is 1.84. The van der Waals surface area contributed by atoms with E-state index in [2.05, 4.69) is 113 Å². The molecule has 4 aromatic carbocycles. The van der Waals surface area contributed by atoms with Crippen molar-refractivity contribution in [2.24, 2.45) is 0 Å². The summed E-state index contributed by atoms with van der Waals surface area (Å²) in [5, 5.41) is 0.792. The van der Waals surface area contributed by atoms with Crippen molar-refractivity contribution in [1.82, 2.24) is 0 Å². The van der Waals surface area contributed by atoms with Crippen LogP contribution in [0.1, 0.15) is 15.9 Å². The van der Waals surface area contributed by atoms with Gasteiger partial charge in [-0.15, -0.1) is 0 Å². The van der Waals surface area contributed by atoms with Crippen LogP contribution in [0, 0.1) is 0 Å². The Bertz CT molecular complexity index is 1010. The van der Waals surface area contributed by atoms with Gasteiger partial charge < -0.3 is 0 Å². The standard InChI is InChI=1S/C26H22BrOP/c27-29(24-13-4-1-5-14-24,25-15-6-2-7-16-25,26-17-8-3-9-18-26)21-23-12-10-11-22(19-23)20-28/h1-20H,21H2. The van der Waals surface area contributed by atoms with E-state index in [-0.39, 0.29) is 0 Å². The predicted octanol–water partition coefficient (Wildman–Crippen LogP) is 5.84. The number of benzene rings is 4. The van der Waals surface area contributed by atoms with Gasteiger partial charge in [0.1, 0.15) is 0 Å². The minimum absolute atomic E-state index is 0.703. The second-order valence-electron chi connectivity index (χ2n) is 7.21. The number of carbonyl (C=O) groups excluding carboxylic acids is 1. The summed E-state index contributed by atoms with van der Waals surface area (Å²) < 4.78 is 0. The topological polar surface area (TPSA) is 17.1 Å². The van der Waals surface area contributed by atoms with Crippen LogP contribution in [0.15, 0.2) is 115 Å². The molecule has 144 valence electrons. The van der Waals surface area contributed by atoms with Crippen LogP contribution >= 0.6 is 20.8 Å². The minimum atomic E-state index is -3.02. The van der Waals surface area contributed by atoms with E-state index in [1.165, 1.54) is 15.9 Å². The van der Waals surface area contributed by atoms with Crippen LogP contribution in [0.25, 0.3) is 0 Å². The van der Waals surface area contributed by atoms with Crippen LogP contribution < -0.4 is 15.9 Å². The van der Waals surface area contributed by atoms with Gasteiger partial charge in [0.2, 0.25) is 0 Å². The van der Waals surface area contributed by atoms with Crippen LogP contribution in [0.3, 0.4) is 0 Å². The fourth-order valence-electron chi connectivity index (χ4n) is 4.05. The summed E-state index contributed by atoms with van der Waals surface area (Å²) in [4.78, 5) is 11.4. The predicted molar refractivity (Wildman–Crippen MR) is 130 cm³/mol. The SMILES string of the molecule is O=Cc1cccc(CP(Br)(c2ccccc2)(c2ccccc2)c2ccccc2)c1. The molecule has 0 aromatic heterocycles. The van der Waals surface area contributed by atoms with Gasteiger partial charge in [-0.1, -0.05) is 0 Å². The Labute approximate surface area is 180 Å². The Balaban J connectivity index is 2.08. The number of halogens is 1. The molecule has 0 bridgehead atoms. The third kappa shape index (κ3) is 3.48. The number of hydrogen-bond acceptors (Lipinski definition) is 1. The molecular formula is C26H22BrOP. The van der Waals surface area contributed by atoms with E-state index in [9.17, 15) is 4.79 Å². The first-order valence-corrected chi connectivity index (χ1v) is 14.0. The van der Waals surface area contributed by atoms with Gasteiger partial charge in [0, 0.05) is 0 Å². The van der Waals surface area contributed by atoms with E-state index in [1.54, 1.807) is 0 Å². The van der Waals surface area contributed by atoms with Crippen LogP contribution in [0.4, 0.5) is 0 Å². The molecule has 0 aliphatic rings. The number of aldehydes is 1. The van der Waals surface area contributed by atoms with Crippen LogP contribution in [-0.4, -0.2) is 6.29 Å². The molecule has 0 N–H and O–H groups in total. The molecule has 1 nitrogen and oxygen atoms in total. The molecule has 0 aliphatic heterocycles. The molecule has 3 heteroatoms. The Hall–Kier alpha value is -2.54. The van der Waals surface area contributed by atoms with Crippen LogP contribution in [0.5, 0.6) is 0 Å². The van der Waals surface area contributed by atoms with Crippen molar-refractivity contribution in [2.75, 3.05) is 0 Å². The van der Waals surface area contributed by atoms with Crippen molar-refractivity contribution in [2.45, 2.75) is 6.16 Å². The summed E-state index contributed by atoms with van der Waals surface area (Å²) in [5.74, 6) is 0. The normalized spacial score (nSPS) is 12.7. The average molecular weight is 461 g/mol. The van der Waals surface area contributed by atoms with E-state index in [4.69, 9.17) is 0 Å². The molecule has 4 aromatic rings.